The molecule has 0 fully saturated rings. The van der Waals surface area contributed by atoms with Crippen molar-refractivity contribution in [3.63, 3.8) is 0 Å². The van der Waals surface area contributed by atoms with Crippen molar-refractivity contribution in [2.45, 2.75) is 24.9 Å². The Labute approximate surface area is 319 Å². The second kappa shape index (κ2) is 11.6. The van der Waals surface area contributed by atoms with Crippen molar-refractivity contribution in [1.82, 2.24) is 4.57 Å². The molecule has 1 aliphatic heterocycles. The maximum absolute atomic E-state index is 14.7. The lowest BCUT2D eigenvalue weighted by molar-refractivity contribution is 0.397. The molecule has 260 valence electrons. The van der Waals surface area contributed by atoms with Crippen LogP contribution in [0, 0.1) is 0 Å². The first kappa shape index (κ1) is 30.7. The molecule has 0 N–H and O–H groups in total. The average molecular weight is 707 g/mol. The largest absolute Gasteiger partial charge is 0.313 e. The van der Waals surface area contributed by atoms with E-state index in [9.17, 15) is 4.39 Å². The topological polar surface area (TPSA) is 8.17 Å². The van der Waals surface area contributed by atoms with Crippen molar-refractivity contribution in [2.75, 3.05) is 4.90 Å². The third-order valence-corrected chi connectivity index (χ3v) is 12.3. The highest BCUT2D eigenvalue weighted by molar-refractivity contribution is 6.19. The Morgan fingerprint density at radius 1 is 0.582 bits per heavy atom. The van der Waals surface area contributed by atoms with E-state index in [4.69, 9.17) is 0 Å². The molecule has 0 saturated heterocycles. The molecule has 0 amide bonds. The van der Waals surface area contributed by atoms with Gasteiger partial charge in [0.05, 0.1) is 11.2 Å². The molecule has 0 saturated carbocycles. The van der Waals surface area contributed by atoms with Gasteiger partial charge in [-0.25, -0.2) is 4.39 Å². The van der Waals surface area contributed by atoms with E-state index in [0.29, 0.717) is 12.3 Å². The lowest BCUT2D eigenvalue weighted by atomic mass is 9.90. The first-order chi connectivity index (χ1) is 27.2. The molecule has 8 aromatic rings. The molecule has 3 aliphatic carbocycles. The average Bonchev–Trinajstić information content (AvgIpc) is 3.87. The Morgan fingerprint density at radius 3 is 2.09 bits per heavy atom. The second-order valence-corrected chi connectivity index (χ2v) is 15.2. The van der Waals surface area contributed by atoms with Crippen molar-refractivity contribution in [3.8, 4) is 50.2 Å². The molecular weight excluding hydrogens is 672 g/mol. The summed E-state index contributed by atoms with van der Waals surface area (Å²) in [7, 11) is 0. The Morgan fingerprint density at radius 2 is 1.27 bits per heavy atom. The number of alkyl halides is 1. The fraction of sp³-hybridized carbons (Fsp3) is 0.0769. The van der Waals surface area contributed by atoms with E-state index in [1.165, 1.54) is 66.8 Å². The van der Waals surface area contributed by atoms with Crippen LogP contribution in [0.2, 0.25) is 0 Å². The van der Waals surface area contributed by atoms with Crippen LogP contribution in [0.1, 0.15) is 29.2 Å². The zero-order chi connectivity index (χ0) is 36.2. The highest BCUT2D eigenvalue weighted by Crippen LogP contribution is 2.55. The SMILES string of the molecule is FC1C=Cc2c(c3cc(-c4ccc(-c5ccc6c(c5)C5CC=CC=C5N6c5ccc6c7c(cccc57)-c5ccccc5-6)cc4)ccc3n2-c2ccccc2)C1. The summed E-state index contributed by atoms with van der Waals surface area (Å²) in [6.45, 7) is 0. The highest BCUT2D eigenvalue weighted by atomic mass is 19.1. The van der Waals surface area contributed by atoms with Gasteiger partial charge in [0.2, 0.25) is 0 Å². The molecule has 2 unspecified atom stereocenters. The van der Waals surface area contributed by atoms with E-state index in [2.05, 4.69) is 167 Å². The molecule has 2 heterocycles. The van der Waals surface area contributed by atoms with E-state index in [1.54, 1.807) is 6.08 Å². The summed E-state index contributed by atoms with van der Waals surface area (Å²) in [5.74, 6) is 0.305. The normalized spacial score (nSPS) is 17.3. The number of anilines is 2. The summed E-state index contributed by atoms with van der Waals surface area (Å²) in [5, 5.41) is 3.76. The van der Waals surface area contributed by atoms with E-state index in [-0.39, 0.29) is 0 Å². The van der Waals surface area contributed by atoms with Gasteiger partial charge in [-0.1, -0.05) is 115 Å². The summed E-state index contributed by atoms with van der Waals surface area (Å²) in [5.41, 5.74) is 19.6. The molecule has 4 aliphatic rings. The summed E-state index contributed by atoms with van der Waals surface area (Å²) in [6, 6.07) is 53.3. The summed E-state index contributed by atoms with van der Waals surface area (Å²) in [6.07, 6.45) is 10.9. The molecule has 12 rings (SSSR count). The molecule has 55 heavy (non-hydrogen) atoms. The van der Waals surface area contributed by atoms with Gasteiger partial charge in [-0.05, 0) is 128 Å². The number of aromatic nitrogens is 1. The minimum atomic E-state index is -0.971. The maximum Gasteiger partial charge on any atom is 0.123 e. The Bertz CT molecular complexity index is 2970. The van der Waals surface area contributed by atoms with Crippen LogP contribution in [0.4, 0.5) is 15.8 Å². The number of hydrogen-bond acceptors (Lipinski definition) is 1. The van der Waals surface area contributed by atoms with Crippen molar-refractivity contribution >= 4 is 39.1 Å². The Hall–Kier alpha value is -6.71. The van der Waals surface area contributed by atoms with Crippen LogP contribution in [0.3, 0.4) is 0 Å². The van der Waals surface area contributed by atoms with Crippen molar-refractivity contribution in [2.24, 2.45) is 0 Å². The zero-order valence-corrected chi connectivity index (χ0v) is 30.1. The fourth-order valence-corrected chi connectivity index (χ4v) is 9.86. The molecule has 2 atom stereocenters. The first-order valence-corrected chi connectivity index (χ1v) is 19.3. The van der Waals surface area contributed by atoms with Gasteiger partial charge >= 0.3 is 0 Å². The lowest BCUT2D eigenvalue weighted by Gasteiger charge is -2.26. The predicted molar refractivity (Wildman–Crippen MR) is 227 cm³/mol. The Balaban J connectivity index is 0.916. The van der Waals surface area contributed by atoms with Crippen molar-refractivity contribution in [1.29, 1.82) is 0 Å². The Kier molecular flexibility index (Phi) is 6.50. The quantitative estimate of drug-likeness (QED) is 0.177. The minimum Gasteiger partial charge on any atom is -0.313 e. The van der Waals surface area contributed by atoms with Gasteiger partial charge in [0.15, 0.2) is 0 Å². The molecule has 0 radical (unpaired) electrons. The van der Waals surface area contributed by atoms with Gasteiger partial charge in [0, 0.05) is 45.9 Å². The van der Waals surface area contributed by atoms with Gasteiger partial charge < -0.3 is 9.47 Å². The highest BCUT2D eigenvalue weighted by Gasteiger charge is 2.36. The smallest absolute Gasteiger partial charge is 0.123 e. The van der Waals surface area contributed by atoms with E-state index in [1.807, 2.05) is 12.1 Å². The van der Waals surface area contributed by atoms with E-state index in [0.717, 1.165) is 45.4 Å². The standard InChI is InChI=1S/C52H35FN2/c53-36-23-27-50-46(31-36)45-30-35(21-25-49(45)54(50)37-9-2-1-3-10-37)33-19-17-32(18-20-33)34-22-26-51-44(29-34)40-13-6-7-16-47(40)55(51)48-28-24-42-39-12-5-4-11-38(39)41-14-8-15-43(48)52(41)42/h1-12,14-30,36,40H,13,31H2. The van der Waals surface area contributed by atoms with Gasteiger partial charge in [0.1, 0.15) is 6.17 Å². The van der Waals surface area contributed by atoms with Crippen LogP contribution < -0.4 is 4.90 Å². The van der Waals surface area contributed by atoms with Gasteiger partial charge in [-0.15, -0.1) is 0 Å². The first-order valence-electron chi connectivity index (χ1n) is 19.3. The van der Waals surface area contributed by atoms with Gasteiger partial charge in [-0.3, -0.25) is 0 Å². The summed E-state index contributed by atoms with van der Waals surface area (Å²) in [4.78, 5) is 2.52. The molecule has 1 aromatic heterocycles. The van der Waals surface area contributed by atoms with Crippen LogP contribution in [-0.2, 0) is 6.42 Å². The fourth-order valence-electron chi connectivity index (χ4n) is 9.86. The number of halogens is 1. The molecule has 3 heteroatoms. The molecular formula is C52H35FN2. The van der Waals surface area contributed by atoms with Crippen LogP contribution in [0.15, 0.2) is 176 Å². The molecule has 0 bridgehead atoms. The molecule has 0 spiro atoms. The number of para-hydroxylation sites is 1. The second-order valence-electron chi connectivity index (χ2n) is 15.2. The van der Waals surface area contributed by atoms with E-state index < -0.39 is 6.17 Å². The van der Waals surface area contributed by atoms with Gasteiger partial charge in [0.25, 0.3) is 0 Å². The third kappa shape index (κ3) is 4.47. The number of benzene rings is 7. The minimum absolute atomic E-state index is 0.305. The number of allylic oxidation sites excluding steroid dienone is 5. The van der Waals surface area contributed by atoms with Crippen LogP contribution in [0.25, 0.3) is 77.9 Å². The van der Waals surface area contributed by atoms with Gasteiger partial charge in [-0.2, -0.15) is 0 Å². The van der Waals surface area contributed by atoms with Crippen molar-refractivity contribution < 1.29 is 4.39 Å². The lowest BCUT2D eigenvalue weighted by Crippen LogP contribution is -2.15. The van der Waals surface area contributed by atoms with Crippen LogP contribution >= 0.6 is 0 Å². The number of nitrogens with zero attached hydrogens (tertiary/aromatic N) is 2. The van der Waals surface area contributed by atoms with Crippen LogP contribution in [0.5, 0.6) is 0 Å². The van der Waals surface area contributed by atoms with E-state index >= 15 is 0 Å². The number of rotatable bonds is 4. The maximum atomic E-state index is 14.7. The van der Waals surface area contributed by atoms with Crippen LogP contribution in [-0.4, -0.2) is 10.7 Å². The number of hydrogen-bond donors (Lipinski definition) is 0. The van der Waals surface area contributed by atoms with Crippen molar-refractivity contribution in [3.05, 3.63) is 192 Å². The third-order valence-electron chi connectivity index (χ3n) is 12.3. The predicted octanol–water partition coefficient (Wildman–Crippen LogP) is 13.8. The summed E-state index contributed by atoms with van der Waals surface area (Å²) >= 11 is 0. The number of fused-ring (bicyclic) bond motifs is 9. The molecule has 2 nitrogen and oxygen atoms in total. The molecule has 7 aromatic carbocycles. The summed E-state index contributed by atoms with van der Waals surface area (Å²) < 4.78 is 17.0. The monoisotopic (exact) mass is 706 g/mol. The zero-order valence-electron chi connectivity index (χ0n) is 30.1.